The highest BCUT2D eigenvalue weighted by molar-refractivity contribution is 5.91. The zero-order valence-electron chi connectivity index (χ0n) is 20.5. The van der Waals surface area contributed by atoms with E-state index in [4.69, 9.17) is 0 Å². The van der Waals surface area contributed by atoms with Gasteiger partial charge in [0.15, 0.2) is 5.78 Å². The molecule has 0 radical (unpaired) electrons. The molecule has 9 heteroatoms. The molecule has 1 aliphatic heterocycles. The Bertz CT molecular complexity index is 1060. The van der Waals surface area contributed by atoms with E-state index in [-0.39, 0.29) is 29.6 Å². The zero-order chi connectivity index (χ0) is 25.3. The van der Waals surface area contributed by atoms with E-state index in [1.807, 2.05) is 0 Å². The number of hydrogen-bond acceptors (Lipinski definition) is 6. The lowest BCUT2D eigenvalue weighted by Gasteiger charge is -2.47. The lowest BCUT2D eigenvalue weighted by Crippen LogP contribution is -2.54. The number of halogens is 3. The van der Waals surface area contributed by atoms with Crippen molar-refractivity contribution in [2.24, 2.45) is 17.8 Å². The Labute approximate surface area is 209 Å². The first kappa shape index (κ1) is 25.4. The van der Waals surface area contributed by atoms with Crippen molar-refractivity contribution in [3.8, 4) is 0 Å². The van der Waals surface area contributed by atoms with E-state index in [0.29, 0.717) is 35.7 Å². The summed E-state index contributed by atoms with van der Waals surface area (Å²) in [6, 6.07) is 3.89. The molecule has 3 aliphatic rings. The summed E-state index contributed by atoms with van der Waals surface area (Å²) < 4.78 is 39.3. The predicted octanol–water partition coefficient (Wildman–Crippen LogP) is 5.06. The van der Waals surface area contributed by atoms with Crippen LogP contribution < -0.4 is 5.32 Å². The number of nitrogens with zero attached hydrogens (tertiary/aromatic N) is 3. The Hall–Kier alpha value is -2.26. The molecule has 5 rings (SSSR count). The first-order valence-electron chi connectivity index (χ1n) is 13.3. The van der Waals surface area contributed by atoms with Gasteiger partial charge in [-0.25, -0.2) is 9.97 Å². The molecule has 0 bridgehead atoms. The van der Waals surface area contributed by atoms with Crippen LogP contribution >= 0.6 is 0 Å². The number of aromatic nitrogens is 2. The van der Waals surface area contributed by atoms with Crippen LogP contribution in [0.4, 0.5) is 19.0 Å². The third-order valence-corrected chi connectivity index (χ3v) is 8.54. The van der Waals surface area contributed by atoms with Crippen LogP contribution in [0.1, 0.15) is 63.4 Å². The number of likely N-dealkylation sites (tertiary alicyclic amines) is 1. The van der Waals surface area contributed by atoms with Crippen LogP contribution in [-0.2, 0) is 11.0 Å². The van der Waals surface area contributed by atoms with E-state index >= 15 is 0 Å². The molecule has 36 heavy (non-hydrogen) atoms. The second kappa shape index (κ2) is 10.6. The molecule has 2 heterocycles. The van der Waals surface area contributed by atoms with Crippen molar-refractivity contribution in [1.82, 2.24) is 14.9 Å². The minimum Gasteiger partial charge on any atom is -0.393 e. The van der Waals surface area contributed by atoms with Gasteiger partial charge in [0.2, 0.25) is 0 Å². The Balaban J connectivity index is 1.06. The number of carbonyl (C=O) groups excluding carboxylic acids is 1. The Kier molecular flexibility index (Phi) is 7.49. The standard InChI is InChI=1S/C27H35F3N4O2/c28-27(29,30)20-7-10-24-23(12-20)26(33-16-32-24)31-13-22(35)11-17-14-34(15-17)21-8-5-19(6-9-21)25(36)18-3-1-2-4-18/h7,10,12,16-19,21,25,36H,1-6,8-9,11,13-15H2,(H,31,32,33). The highest BCUT2D eigenvalue weighted by Crippen LogP contribution is 2.39. The Morgan fingerprint density at radius 2 is 1.75 bits per heavy atom. The molecular formula is C27H35F3N4O2. The maximum Gasteiger partial charge on any atom is 0.416 e. The number of nitrogens with one attached hydrogen (secondary N) is 1. The molecule has 6 nitrogen and oxygen atoms in total. The van der Waals surface area contributed by atoms with E-state index in [2.05, 4.69) is 20.2 Å². The number of rotatable bonds is 8. The van der Waals surface area contributed by atoms with Crippen LogP contribution in [0.3, 0.4) is 0 Å². The summed E-state index contributed by atoms with van der Waals surface area (Å²) >= 11 is 0. The number of Topliss-reactive ketones (excluding diaryl/α,β-unsaturated/α-hetero) is 1. The van der Waals surface area contributed by atoms with Gasteiger partial charge in [-0.3, -0.25) is 9.69 Å². The molecular weight excluding hydrogens is 469 g/mol. The fraction of sp³-hybridized carbons (Fsp3) is 0.667. The third-order valence-electron chi connectivity index (χ3n) is 8.54. The normalized spacial score (nSPS) is 25.1. The molecule has 0 spiro atoms. The number of carbonyl (C=O) groups is 1. The summed E-state index contributed by atoms with van der Waals surface area (Å²) in [6.45, 7) is 1.86. The maximum absolute atomic E-state index is 13.1. The highest BCUT2D eigenvalue weighted by Gasteiger charge is 2.38. The van der Waals surface area contributed by atoms with Crippen molar-refractivity contribution >= 4 is 22.5 Å². The van der Waals surface area contributed by atoms with Crippen LogP contribution in [0, 0.1) is 17.8 Å². The largest absolute Gasteiger partial charge is 0.416 e. The third kappa shape index (κ3) is 5.67. The molecule has 2 aliphatic carbocycles. The average molecular weight is 505 g/mol. The smallest absolute Gasteiger partial charge is 0.393 e. The average Bonchev–Trinajstić information content (AvgIpc) is 3.38. The SMILES string of the molecule is O=C(CNc1ncnc2ccc(C(F)(F)F)cc12)CC1CN(C2CCC(C(O)C3CCCC3)CC2)C1. The van der Waals surface area contributed by atoms with Gasteiger partial charge >= 0.3 is 6.18 Å². The summed E-state index contributed by atoms with van der Waals surface area (Å²) in [5, 5.41) is 13.9. The van der Waals surface area contributed by atoms with Crippen molar-refractivity contribution in [3.63, 3.8) is 0 Å². The van der Waals surface area contributed by atoms with E-state index in [1.165, 1.54) is 38.1 Å². The topological polar surface area (TPSA) is 78.4 Å². The lowest BCUT2D eigenvalue weighted by molar-refractivity contribution is -0.137. The molecule has 1 aromatic carbocycles. The molecule has 0 amide bonds. The first-order valence-corrected chi connectivity index (χ1v) is 13.3. The molecule has 1 unspecified atom stereocenters. The van der Waals surface area contributed by atoms with E-state index < -0.39 is 11.7 Å². The van der Waals surface area contributed by atoms with Gasteiger partial charge < -0.3 is 10.4 Å². The number of ketones is 1. The maximum atomic E-state index is 13.1. The second-order valence-corrected chi connectivity index (χ2v) is 11.0. The number of aliphatic hydroxyl groups excluding tert-OH is 1. The van der Waals surface area contributed by atoms with Gasteiger partial charge in [0.25, 0.3) is 0 Å². The zero-order valence-corrected chi connectivity index (χ0v) is 20.5. The number of fused-ring (bicyclic) bond motifs is 1. The molecule has 1 saturated heterocycles. The molecule has 196 valence electrons. The number of alkyl halides is 3. The van der Waals surface area contributed by atoms with Gasteiger partial charge in [-0.1, -0.05) is 12.8 Å². The highest BCUT2D eigenvalue weighted by atomic mass is 19.4. The van der Waals surface area contributed by atoms with Gasteiger partial charge in [-0.2, -0.15) is 13.2 Å². The molecule has 1 atom stereocenters. The van der Waals surface area contributed by atoms with E-state index in [9.17, 15) is 23.1 Å². The first-order chi connectivity index (χ1) is 17.3. The van der Waals surface area contributed by atoms with Crippen molar-refractivity contribution in [3.05, 3.63) is 30.1 Å². The van der Waals surface area contributed by atoms with Crippen molar-refractivity contribution in [2.45, 2.75) is 76.1 Å². The molecule has 2 aromatic rings. The van der Waals surface area contributed by atoms with Crippen LogP contribution in [0.2, 0.25) is 0 Å². The van der Waals surface area contributed by atoms with Gasteiger partial charge in [0.1, 0.15) is 12.1 Å². The summed E-state index contributed by atoms with van der Waals surface area (Å²) in [6.07, 6.45) is 6.46. The van der Waals surface area contributed by atoms with Crippen LogP contribution in [0.15, 0.2) is 24.5 Å². The van der Waals surface area contributed by atoms with Crippen LogP contribution in [-0.4, -0.2) is 57.5 Å². The van der Waals surface area contributed by atoms with Gasteiger partial charge in [0.05, 0.1) is 23.7 Å². The van der Waals surface area contributed by atoms with Crippen molar-refractivity contribution in [2.75, 3.05) is 25.0 Å². The fourth-order valence-corrected chi connectivity index (χ4v) is 6.48. The Morgan fingerprint density at radius 3 is 2.44 bits per heavy atom. The number of hydrogen-bond donors (Lipinski definition) is 2. The summed E-state index contributed by atoms with van der Waals surface area (Å²) in [4.78, 5) is 23.1. The summed E-state index contributed by atoms with van der Waals surface area (Å²) in [5.74, 6) is 1.54. The Morgan fingerprint density at radius 1 is 1.06 bits per heavy atom. The summed E-state index contributed by atoms with van der Waals surface area (Å²) in [5.41, 5.74) is -0.371. The molecule has 1 aromatic heterocycles. The molecule has 3 fully saturated rings. The predicted molar refractivity (Wildman–Crippen MR) is 131 cm³/mol. The van der Waals surface area contributed by atoms with Crippen LogP contribution in [0.25, 0.3) is 10.9 Å². The monoisotopic (exact) mass is 504 g/mol. The minimum atomic E-state index is -4.46. The van der Waals surface area contributed by atoms with Crippen LogP contribution in [0.5, 0.6) is 0 Å². The van der Waals surface area contributed by atoms with Crippen molar-refractivity contribution in [1.29, 1.82) is 0 Å². The van der Waals surface area contributed by atoms with Crippen molar-refractivity contribution < 1.29 is 23.1 Å². The van der Waals surface area contributed by atoms with E-state index in [0.717, 1.165) is 50.9 Å². The number of benzene rings is 1. The molecule has 2 N–H and O–H groups in total. The van der Waals surface area contributed by atoms with Gasteiger partial charge in [-0.05, 0) is 74.5 Å². The number of aliphatic hydroxyl groups is 1. The quantitative estimate of drug-likeness (QED) is 0.523. The minimum absolute atomic E-state index is 0.0294. The second-order valence-electron chi connectivity index (χ2n) is 11.0. The number of anilines is 1. The fourth-order valence-electron chi connectivity index (χ4n) is 6.48. The summed E-state index contributed by atoms with van der Waals surface area (Å²) in [7, 11) is 0. The van der Waals surface area contributed by atoms with Gasteiger partial charge in [0, 0.05) is 30.9 Å². The lowest BCUT2D eigenvalue weighted by atomic mass is 9.76. The molecule has 2 saturated carbocycles. The van der Waals surface area contributed by atoms with E-state index in [1.54, 1.807) is 0 Å². The van der Waals surface area contributed by atoms with Gasteiger partial charge in [-0.15, -0.1) is 0 Å².